The second-order valence-corrected chi connectivity index (χ2v) is 6.12. The number of nitrogens with zero attached hydrogens (tertiary/aromatic N) is 3. The van der Waals surface area contributed by atoms with Gasteiger partial charge in [-0.25, -0.2) is 0 Å². The molecule has 0 bridgehead atoms. The summed E-state index contributed by atoms with van der Waals surface area (Å²) >= 11 is 6.35. The molecule has 1 aliphatic heterocycles. The second kappa shape index (κ2) is 6.73. The molecule has 1 N–H and O–H groups in total. The highest BCUT2D eigenvalue weighted by Gasteiger charge is 2.26. The van der Waals surface area contributed by atoms with Gasteiger partial charge in [0.25, 0.3) is 0 Å². The van der Waals surface area contributed by atoms with Crippen LogP contribution in [0.5, 0.6) is 0 Å². The molecule has 2 unspecified atom stereocenters. The molecule has 5 heteroatoms. The lowest BCUT2D eigenvalue weighted by Crippen LogP contribution is -2.33. The zero-order valence-corrected chi connectivity index (χ0v) is 13.0. The summed E-state index contributed by atoms with van der Waals surface area (Å²) in [5, 5.41) is 8.83. The van der Waals surface area contributed by atoms with E-state index in [1.165, 1.54) is 25.0 Å². The highest BCUT2D eigenvalue weighted by molar-refractivity contribution is 6.31. The molecule has 0 amide bonds. The van der Waals surface area contributed by atoms with Crippen LogP contribution in [0.4, 0.5) is 0 Å². The third-order valence-corrected chi connectivity index (χ3v) is 4.30. The van der Waals surface area contributed by atoms with Gasteiger partial charge in [-0.3, -0.25) is 4.68 Å². The van der Waals surface area contributed by atoms with Crippen LogP contribution in [0.3, 0.4) is 0 Å². The van der Waals surface area contributed by atoms with E-state index in [0.717, 1.165) is 30.6 Å². The molecule has 1 aliphatic rings. The summed E-state index contributed by atoms with van der Waals surface area (Å²) in [7, 11) is 4.16. The molecule has 1 fully saturated rings. The maximum atomic E-state index is 6.35. The zero-order valence-electron chi connectivity index (χ0n) is 12.2. The van der Waals surface area contributed by atoms with Gasteiger partial charge in [-0.1, -0.05) is 24.9 Å². The first-order valence-electron chi connectivity index (χ1n) is 7.21. The molecule has 0 radical (unpaired) electrons. The van der Waals surface area contributed by atoms with Gasteiger partial charge < -0.3 is 10.2 Å². The van der Waals surface area contributed by atoms with Crippen molar-refractivity contribution < 1.29 is 0 Å². The van der Waals surface area contributed by atoms with Crippen molar-refractivity contribution in [3.8, 4) is 0 Å². The molecule has 0 aromatic carbocycles. The minimum Gasteiger partial charge on any atom is -0.309 e. The molecule has 0 saturated carbocycles. The minimum absolute atomic E-state index is 0.357. The first kappa shape index (κ1) is 14.8. The Bertz CT molecular complexity index is 402. The molecule has 2 heterocycles. The molecule has 2 atom stereocenters. The van der Waals surface area contributed by atoms with E-state index < -0.39 is 0 Å². The Balaban J connectivity index is 2.11. The van der Waals surface area contributed by atoms with Gasteiger partial charge in [-0.05, 0) is 39.4 Å². The SMILES string of the molecule is CCC1CCNC(c2c(Cl)cnn2CCN(C)C)C1. The Labute approximate surface area is 121 Å². The van der Waals surface area contributed by atoms with E-state index in [1.54, 1.807) is 6.20 Å². The highest BCUT2D eigenvalue weighted by Crippen LogP contribution is 2.32. The number of piperidine rings is 1. The average Bonchev–Trinajstić information content (AvgIpc) is 2.77. The lowest BCUT2D eigenvalue weighted by Gasteiger charge is -2.30. The summed E-state index contributed by atoms with van der Waals surface area (Å²) in [6.07, 6.45) is 5.48. The van der Waals surface area contributed by atoms with E-state index in [2.05, 4.69) is 41.0 Å². The predicted octanol–water partition coefficient (Wildman–Crippen LogP) is 2.55. The monoisotopic (exact) mass is 284 g/mol. The van der Waals surface area contributed by atoms with Crippen molar-refractivity contribution in [1.29, 1.82) is 0 Å². The fraction of sp³-hybridized carbons (Fsp3) is 0.786. The zero-order chi connectivity index (χ0) is 13.8. The van der Waals surface area contributed by atoms with Crippen LogP contribution in [0.2, 0.25) is 5.02 Å². The Kier molecular flexibility index (Phi) is 5.25. The van der Waals surface area contributed by atoms with Crippen molar-refractivity contribution in [2.45, 2.75) is 38.8 Å². The Morgan fingerprint density at radius 3 is 3.00 bits per heavy atom. The largest absolute Gasteiger partial charge is 0.309 e. The second-order valence-electron chi connectivity index (χ2n) is 5.71. The molecular formula is C14H25ClN4. The molecule has 4 nitrogen and oxygen atoms in total. The molecule has 19 heavy (non-hydrogen) atoms. The third kappa shape index (κ3) is 3.71. The predicted molar refractivity (Wildman–Crippen MR) is 79.5 cm³/mol. The van der Waals surface area contributed by atoms with E-state index in [1.807, 2.05) is 0 Å². The number of aromatic nitrogens is 2. The number of rotatable bonds is 5. The lowest BCUT2D eigenvalue weighted by atomic mass is 9.89. The smallest absolute Gasteiger partial charge is 0.0834 e. The van der Waals surface area contributed by atoms with Crippen LogP contribution in [-0.4, -0.2) is 41.9 Å². The van der Waals surface area contributed by atoms with E-state index in [9.17, 15) is 0 Å². The van der Waals surface area contributed by atoms with Crippen LogP contribution < -0.4 is 5.32 Å². The van der Waals surface area contributed by atoms with Crippen LogP contribution in [0.25, 0.3) is 0 Å². The van der Waals surface area contributed by atoms with E-state index in [-0.39, 0.29) is 0 Å². The normalized spacial score (nSPS) is 24.1. The first-order valence-corrected chi connectivity index (χ1v) is 7.59. The summed E-state index contributed by atoms with van der Waals surface area (Å²) in [6, 6.07) is 0.357. The molecule has 108 valence electrons. The van der Waals surface area contributed by atoms with Gasteiger partial charge in [0, 0.05) is 6.54 Å². The van der Waals surface area contributed by atoms with Gasteiger partial charge in [0.2, 0.25) is 0 Å². The van der Waals surface area contributed by atoms with Crippen molar-refractivity contribution in [2.75, 3.05) is 27.2 Å². The molecule has 0 aliphatic carbocycles. The molecule has 1 aromatic rings. The number of hydrogen-bond acceptors (Lipinski definition) is 3. The summed E-state index contributed by atoms with van der Waals surface area (Å²) in [5.41, 5.74) is 1.17. The van der Waals surface area contributed by atoms with Crippen molar-refractivity contribution in [1.82, 2.24) is 20.0 Å². The Hall–Kier alpha value is -0.580. The molecule has 0 spiro atoms. The van der Waals surface area contributed by atoms with Gasteiger partial charge in [0.1, 0.15) is 0 Å². The topological polar surface area (TPSA) is 33.1 Å². The van der Waals surface area contributed by atoms with Gasteiger partial charge in [0.15, 0.2) is 0 Å². The average molecular weight is 285 g/mol. The van der Waals surface area contributed by atoms with Gasteiger partial charge in [0.05, 0.1) is 29.5 Å². The Morgan fingerprint density at radius 2 is 2.32 bits per heavy atom. The maximum absolute atomic E-state index is 6.35. The van der Waals surface area contributed by atoms with Crippen molar-refractivity contribution in [3.05, 3.63) is 16.9 Å². The molecule has 1 saturated heterocycles. The molecule has 1 aromatic heterocycles. The first-order chi connectivity index (χ1) is 9.11. The standard InChI is InChI=1S/C14H25ClN4/c1-4-11-5-6-16-13(9-11)14-12(15)10-17-19(14)8-7-18(2)3/h10-11,13,16H,4-9H2,1-3H3. The summed E-state index contributed by atoms with van der Waals surface area (Å²) < 4.78 is 2.07. The van der Waals surface area contributed by atoms with Crippen LogP contribution in [0.15, 0.2) is 6.20 Å². The number of likely N-dealkylation sites (N-methyl/N-ethyl adjacent to an activating group) is 1. The van der Waals surface area contributed by atoms with Crippen LogP contribution in [-0.2, 0) is 6.54 Å². The summed E-state index contributed by atoms with van der Waals surface area (Å²) in [4.78, 5) is 2.17. The number of nitrogens with one attached hydrogen (secondary N) is 1. The van der Waals surface area contributed by atoms with Crippen molar-refractivity contribution in [3.63, 3.8) is 0 Å². The number of halogens is 1. The molecule has 2 rings (SSSR count). The van der Waals surface area contributed by atoms with Crippen LogP contribution >= 0.6 is 11.6 Å². The Morgan fingerprint density at radius 1 is 1.53 bits per heavy atom. The maximum Gasteiger partial charge on any atom is 0.0834 e. The summed E-state index contributed by atoms with van der Waals surface area (Å²) in [5.74, 6) is 0.805. The van der Waals surface area contributed by atoms with Gasteiger partial charge in [-0.2, -0.15) is 5.10 Å². The minimum atomic E-state index is 0.357. The fourth-order valence-electron chi connectivity index (χ4n) is 2.77. The third-order valence-electron chi connectivity index (χ3n) is 4.01. The van der Waals surface area contributed by atoms with Crippen molar-refractivity contribution >= 4 is 11.6 Å². The van der Waals surface area contributed by atoms with E-state index in [4.69, 9.17) is 11.6 Å². The number of hydrogen-bond donors (Lipinski definition) is 1. The highest BCUT2D eigenvalue weighted by atomic mass is 35.5. The van der Waals surface area contributed by atoms with Gasteiger partial charge in [-0.15, -0.1) is 0 Å². The van der Waals surface area contributed by atoms with Crippen molar-refractivity contribution in [2.24, 2.45) is 5.92 Å². The van der Waals surface area contributed by atoms with Crippen LogP contribution in [0, 0.1) is 5.92 Å². The van der Waals surface area contributed by atoms with E-state index >= 15 is 0 Å². The van der Waals surface area contributed by atoms with Crippen LogP contribution in [0.1, 0.15) is 37.9 Å². The van der Waals surface area contributed by atoms with Gasteiger partial charge >= 0.3 is 0 Å². The lowest BCUT2D eigenvalue weighted by molar-refractivity contribution is 0.283. The summed E-state index contributed by atoms with van der Waals surface area (Å²) in [6.45, 7) is 5.23. The molecular weight excluding hydrogens is 260 g/mol. The fourth-order valence-corrected chi connectivity index (χ4v) is 3.04. The van der Waals surface area contributed by atoms with E-state index in [0.29, 0.717) is 6.04 Å². The quantitative estimate of drug-likeness (QED) is 0.902.